The first-order valence-corrected chi connectivity index (χ1v) is 9.35. The van der Waals surface area contributed by atoms with E-state index in [0.717, 1.165) is 12.5 Å². The summed E-state index contributed by atoms with van der Waals surface area (Å²) in [7, 11) is -3.11. The Kier molecular flexibility index (Phi) is 15.9. The Morgan fingerprint density at radius 3 is 2.41 bits per heavy atom. The van der Waals surface area contributed by atoms with Gasteiger partial charge in [0.1, 0.15) is 0 Å². The molecule has 0 aromatic carbocycles. The number of aliphatic imine (C=N–C) groups is 1. The molecule has 0 spiro atoms. The molecule has 0 bridgehead atoms. The van der Waals surface area contributed by atoms with E-state index in [2.05, 4.69) is 15.6 Å². The predicted octanol–water partition coefficient (Wildman–Crippen LogP) is 0.868. The van der Waals surface area contributed by atoms with Crippen molar-refractivity contribution in [2.24, 2.45) is 4.99 Å². The van der Waals surface area contributed by atoms with Gasteiger partial charge in [-0.2, -0.15) is 0 Å². The highest BCUT2D eigenvalue weighted by Crippen LogP contribution is 1.98. The number of hydrogen-bond acceptors (Lipinski definition) is 4. The fraction of sp³-hybridized carbons (Fsp3) is 0.923. The van der Waals surface area contributed by atoms with E-state index in [1.165, 1.54) is 10.6 Å². The molecule has 0 atom stereocenters. The standard InChI is InChI=1S/C13H30N4O3S.HI/c1-5-14-13(16-10-12-20-7-3)15-9-8-11-17(6-2)21(4,18)19;/h5-12H2,1-4H3,(H2,14,15,16);1H. The fourth-order valence-corrected chi connectivity index (χ4v) is 2.65. The van der Waals surface area contributed by atoms with Crippen LogP contribution in [0.15, 0.2) is 4.99 Å². The van der Waals surface area contributed by atoms with Crippen LogP contribution in [0.25, 0.3) is 0 Å². The molecule has 0 aromatic heterocycles. The van der Waals surface area contributed by atoms with Crippen molar-refractivity contribution in [3.8, 4) is 0 Å². The molecule has 0 rings (SSSR count). The van der Waals surface area contributed by atoms with E-state index < -0.39 is 10.0 Å². The van der Waals surface area contributed by atoms with Crippen molar-refractivity contribution in [1.82, 2.24) is 14.9 Å². The van der Waals surface area contributed by atoms with Gasteiger partial charge in [-0.1, -0.05) is 6.92 Å². The van der Waals surface area contributed by atoms with Gasteiger partial charge in [-0.05, 0) is 20.3 Å². The maximum atomic E-state index is 11.4. The lowest BCUT2D eigenvalue weighted by Gasteiger charge is -2.17. The third-order valence-electron chi connectivity index (χ3n) is 2.74. The van der Waals surface area contributed by atoms with Gasteiger partial charge in [0.05, 0.1) is 12.9 Å². The lowest BCUT2D eigenvalue weighted by molar-refractivity contribution is 0.152. The molecule has 0 saturated carbocycles. The Bertz CT molecular complexity index is 391. The second kappa shape index (κ2) is 14.5. The molecular formula is C13H31IN4O3S. The topological polar surface area (TPSA) is 83.0 Å². The van der Waals surface area contributed by atoms with Crippen molar-refractivity contribution in [3.05, 3.63) is 0 Å². The first kappa shape index (κ1) is 24.1. The van der Waals surface area contributed by atoms with Crippen LogP contribution >= 0.6 is 24.0 Å². The molecule has 0 unspecified atom stereocenters. The molecule has 7 nitrogen and oxygen atoms in total. The smallest absolute Gasteiger partial charge is 0.211 e. The number of nitrogens with one attached hydrogen (secondary N) is 2. The largest absolute Gasteiger partial charge is 0.380 e. The SMILES string of the molecule is CCNC(=NCCCN(CC)S(C)(=O)=O)NCCOCC.I. The molecule has 0 saturated heterocycles. The highest BCUT2D eigenvalue weighted by molar-refractivity contribution is 14.0. The van der Waals surface area contributed by atoms with E-state index in [1.54, 1.807) is 0 Å². The Labute approximate surface area is 152 Å². The number of halogens is 1. The fourth-order valence-electron chi connectivity index (χ4n) is 1.72. The molecule has 0 amide bonds. The van der Waals surface area contributed by atoms with E-state index in [0.29, 0.717) is 45.8 Å². The van der Waals surface area contributed by atoms with Crippen LogP contribution in [0.3, 0.4) is 0 Å². The summed E-state index contributed by atoms with van der Waals surface area (Å²) < 4.78 is 29.6. The third-order valence-corrected chi connectivity index (χ3v) is 4.12. The molecule has 0 aliphatic rings. The second-order valence-electron chi connectivity index (χ2n) is 4.49. The van der Waals surface area contributed by atoms with Gasteiger partial charge in [0.2, 0.25) is 10.0 Å². The zero-order valence-electron chi connectivity index (χ0n) is 14.1. The zero-order chi connectivity index (χ0) is 16.1. The van der Waals surface area contributed by atoms with Crippen LogP contribution in [0.2, 0.25) is 0 Å². The first-order chi connectivity index (χ1) is 9.95. The molecular weight excluding hydrogens is 419 g/mol. The van der Waals surface area contributed by atoms with Crippen LogP contribution in [0.5, 0.6) is 0 Å². The van der Waals surface area contributed by atoms with Crippen LogP contribution in [-0.4, -0.2) is 70.9 Å². The molecule has 2 N–H and O–H groups in total. The minimum absolute atomic E-state index is 0. The molecule has 134 valence electrons. The average Bonchev–Trinajstić information content (AvgIpc) is 2.41. The highest BCUT2D eigenvalue weighted by atomic mass is 127. The molecule has 0 aliphatic carbocycles. The molecule has 0 radical (unpaired) electrons. The Morgan fingerprint density at radius 1 is 1.23 bits per heavy atom. The lowest BCUT2D eigenvalue weighted by Crippen LogP contribution is -2.39. The van der Waals surface area contributed by atoms with Crippen molar-refractivity contribution >= 4 is 40.0 Å². The van der Waals surface area contributed by atoms with Crippen LogP contribution in [-0.2, 0) is 14.8 Å². The predicted molar refractivity (Wildman–Crippen MR) is 103 cm³/mol. The van der Waals surface area contributed by atoms with Crippen molar-refractivity contribution in [3.63, 3.8) is 0 Å². The van der Waals surface area contributed by atoms with Gasteiger partial charge < -0.3 is 15.4 Å². The van der Waals surface area contributed by atoms with Crippen molar-refractivity contribution < 1.29 is 13.2 Å². The van der Waals surface area contributed by atoms with Crippen LogP contribution in [0.1, 0.15) is 27.2 Å². The molecule has 0 aliphatic heterocycles. The van der Waals surface area contributed by atoms with Crippen LogP contribution < -0.4 is 10.6 Å². The Morgan fingerprint density at radius 2 is 1.91 bits per heavy atom. The highest BCUT2D eigenvalue weighted by Gasteiger charge is 2.12. The van der Waals surface area contributed by atoms with E-state index in [4.69, 9.17) is 4.74 Å². The average molecular weight is 450 g/mol. The van der Waals surface area contributed by atoms with E-state index >= 15 is 0 Å². The number of sulfonamides is 1. The van der Waals surface area contributed by atoms with E-state index in [1.807, 2.05) is 20.8 Å². The van der Waals surface area contributed by atoms with Crippen molar-refractivity contribution in [2.75, 3.05) is 52.2 Å². The molecule has 0 fully saturated rings. The van der Waals surface area contributed by atoms with Crippen LogP contribution in [0, 0.1) is 0 Å². The second-order valence-corrected chi connectivity index (χ2v) is 6.48. The van der Waals surface area contributed by atoms with Gasteiger partial charge in [-0.25, -0.2) is 12.7 Å². The maximum absolute atomic E-state index is 11.4. The Balaban J connectivity index is 0. The van der Waals surface area contributed by atoms with Gasteiger partial charge in [-0.15, -0.1) is 24.0 Å². The summed E-state index contributed by atoms with van der Waals surface area (Å²) in [5.41, 5.74) is 0. The summed E-state index contributed by atoms with van der Waals surface area (Å²) in [4.78, 5) is 4.42. The molecule has 0 aromatic rings. The number of ether oxygens (including phenoxy) is 1. The minimum Gasteiger partial charge on any atom is -0.380 e. The first-order valence-electron chi connectivity index (χ1n) is 7.50. The molecule has 0 heterocycles. The maximum Gasteiger partial charge on any atom is 0.211 e. The molecule has 9 heteroatoms. The van der Waals surface area contributed by atoms with Gasteiger partial charge in [0.25, 0.3) is 0 Å². The van der Waals surface area contributed by atoms with Crippen LogP contribution in [0.4, 0.5) is 0 Å². The number of guanidine groups is 1. The summed E-state index contributed by atoms with van der Waals surface area (Å²) in [6.45, 7) is 10.2. The summed E-state index contributed by atoms with van der Waals surface area (Å²) in [6, 6.07) is 0. The van der Waals surface area contributed by atoms with Crippen molar-refractivity contribution in [1.29, 1.82) is 0 Å². The quantitative estimate of drug-likeness (QED) is 0.211. The minimum atomic E-state index is -3.11. The molecule has 22 heavy (non-hydrogen) atoms. The van der Waals surface area contributed by atoms with Crippen molar-refractivity contribution in [2.45, 2.75) is 27.2 Å². The zero-order valence-corrected chi connectivity index (χ0v) is 17.2. The third kappa shape index (κ3) is 12.4. The number of hydrogen-bond donors (Lipinski definition) is 2. The summed E-state index contributed by atoms with van der Waals surface area (Å²) in [6.07, 6.45) is 1.93. The summed E-state index contributed by atoms with van der Waals surface area (Å²) in [5.74, 6) is 0.736. The number of rotatable bonds is 11. The summed E-state index contributed by atoms with van der Waals surface area (Å²) >= 11 is 0. The lowest BCUT2D eigenvalue weighted by atomic mass is 10.4. The van der Waals surface area contributed by atoms with Gasteiger partial charge >= 0.3 is 0 Å². The summed E-state index contributed by atoms with van der Waals surface area (Å²) in [5, 5.41) is 6.31. The normalized spacial score (nSPS) is 12.1. The Hall–Kier alpha value is -0.130. The number of nitrogens with zero attached hydrogens (tertiary/aromatic N) is 2. The van der Waals surface area contributed by atoms with Gasteiger partial charge in [0.15, 0.2) is 5.96 Å². The van der Waals surface area contributed by atoms with Gasteiger partial charge in [-0.3, -0.25) is 4.99 Å². The van der Waals surface area contributed by atoms with E-state index in [9.17, 15) is 8.42 Å². The van der Waals surface area contributed by atoms with Gasteiger partial charge in [0, 0.05) is 39.3 Å². The monoisotopic (exact) mass is 450 g/mol. The van der Waals surface area contributed by atoms with E-state index in [-0.39, 0.29) is 24.0 Å².